The van der Waals surface area contributed by atoms with E-state index in [0.717, 1.165) is 11.5 Å². The number of benzene rings is 4. The van der Waals surface area contributed by atoms with E-state index in [2.05, 4.69) is 36.4 Å². The van der Waals surface area contributed by atoms with E-state index in [-0.39, 0.29) is 0 Å². The Morgan fingerprint density at radius 3 is 1.96 bits per heavy atom. The van der Waals surface area contributed by atoms with Gasteiger partial charge in [0.25, 0.3) is 0 Å². The standard InChI is InChI=1S/2C11H10O/c1-12-11-8-4-6-9-5-2-3-7-10(9)11;1-12-11-7-6-9-4-2-3-5-10(9)8-11/h2*2-8H,1H3. The van der Waals surface area contributed by atoms with Crippen molar-refractivity contribution in [3.05, 3.63) is 84.9 Å². The van der Waals surface area contributed by atoms with Crippen LogP contribution < -0.4 is 9.47 Å². The summed E-state index contributed by atoms with van der Waals surface area (Å²) < 4.78 is 10.3. The van der Waals surface area contributed by atoms with Gasteiger partial charge in [0.1, 0.15) is 11.5 Å². The largest absolute Gasteiger partial charge is 0.497 e. The van der Waals surface area contributed by atoms with Gasteiger partial charge in [-0.15, -0.1) is 0 Å². The van der Waals surface area contributed by atoms with Crippen LogP contribution in [0.2, 0.25) is 0 Å². The molecule has 4 rings (SSSR count). The molecule has 0 aliphatic rings. The van der Waals surface area contributed by atoms with E-state index >= 15 is 0 Å². The predicted molar refractivity (Wildman–Crippen MR) is 101 cm³/mol. The molecule has 0 saturated carbocycles. The van der Waals surface area contributed by atoms with E-state index < -0.39 is 0 Å². The number of methoxy groups -OCH3 is 2. The summed E-state index contributed by atoms with van der Waals surface area (Å²) in [5.41, 5.74) is 0. The quantitative estimate of drug-likeness (QED) is 0.472. The van der Waals surface area contributed by atoms with Crippen LogP contribution in [-0.2, 0) is 0 Å². The fraction of sp³-hybridized carbons (Fsp3) is 0.0909. The summed E-state index contributed by atoms with van der Waals surface area (Å²) in [5, 5.41) is 4.86. The molecule has 0 atom stereocenters. The van der Waals surface area contributed by atoms with Gasteiger partial charge in [0.15, 0.2) is 0 Å². The van der Waals surface area contributed by atoms with Gasteiger partial charge in [-0.2, -0.15) is 0 Å². The van der Waals surface area contributed by atoms with Crippen molar-refractivity contribution >= 4 is 21.5 Å². The smallest absolute Gasteiger partial charge is 0.126 e. The van der Waals surface area contributed by atoms with Gasteiger partial charge in [-0.3, -0.25) is 0 Å². The van der Waals surface area contributed by atoms with Crippen LogP contribution in [0.1, 0.15) is 0 Å². The first-order chi connectivity index (χ1) is 11.8. The third-order valence-corrected chi connectivity index (χ3v) is 3.93. The van der Waals surface area contributed by atoms with E-state index in [9.17, 15) is 0 Å². The van der Waals surface area contributed by atoms with Crippen molar-refractivity contribution in [1.82, 2.24) is 0 Å². The van der Waals surface area contributed by atoms with Crippen LogP contribution in [-0.4, -0.2) is 14.2 Å². The molecule has 0 aromatic heterocycles. The molecular weight excluding hydrogens is 296 g/mol. The Labute approximate surface area is 142 Å². The zero-order valence-electron chi connectivity index (χ0n) is 13.9. The summed E-state index contributed by atoms with van der Waals surface area (Å²) in [5.74, 6) is 1.85. The van der Waals surface area contributed by atoms with Gasteiger partial charge >= 0.3 is 0 Å². The molecule has 0 amide bonds. The zero-order valence-corrected chi connectivity index (χ0v) is 13.9. The van der Waals surface area contributed by atoms with Gasteiger partial charge in [0, 0.05) is 5.39 Å². The van der Waals surface area contributed by atoms with Crippen molar-refractivity contribution < 1.29 is 9.47 Å². The topological polar surface area (TPSA) is 18.5 Å². The van der Waals surface area contributed by atoms with Crippen molar-refractivity contribution in [2.24, 2.45) is 0 Å². The lowest BCUT2D eigenvalue weighted by Gasteiger charge is -2.03. The van der Waals surface area contributed by atoms with Crippen LogP contribution in [0.5, 0.6) is 11.5 Å². The molecule has 4 aromatic rings. The van der Waals surface area contributed by atoms with Gasteiger partial charge in [0.2, 0.25) is 0 Å². The van der Waals surface area contributed by atoms with Crippen molar-refractivity contribution in [3.63, 3.8) is 0 Å². The number of fused-ring (bicyclic) bond motifs is 2. The maximum Gasteiger partial charge on any atom is 0.126 e. The number of ether oxygens (including phenoxy) is 2. The van der Waals surface area contributed by atoms with Gasteiger partial charge in [0.05, 0.1) is 14.2 Å². The molecule has 4 aromatic carbocycles. The van der Waals surface area contributed by atoms with Crippen molar-refractivity contribution in [3.8, 4) is 11.5 Å². The molecule has 24 heavy (non-hydrogen) atoms. The molecule has 2 nitrogen and oxygen atoms in total. The fourth-order valence-electron chi connectivity index (χ4n) is 2.67. The highest BCUT2D eigenvalue weighted by Gasteiger charge is 1.97. The summed E-state index contributed by atoms with van der Waals surface area (Å²) >= 11 is 0. The Kier molecular flexibility index (Phi) is 4.97. The Bertz CT molecular complexity index is 933. The molecular formula is C22H20O2. The second kappa shape index (κ2) is 7.51. The fourth-order valence-corrected chi connectivity index (χ4v) is 2.67. The summed E-state index contributed by atoms with van der Waals surface area (Å²) in [6.07, 6.45) is 0. The van der Waals surface area contributed by atoms with Crippen LogP contribution in [0, 0.1) is 0 Å². The van der Waals surface area contributed by atoms with Gasteiger partial charge in [-0.25, -0.2) is 0 Å². The highest BCUT2D eigenvalue weighted by atomic mass is 16.5. The van der Waals surface area contributed by atoms with Gasteiger partial charge in [-0.05, 0) is 34.4 Å². The van der Waals surface area contributed by atoms with Gasteiger partial charge < -0.3 is 9.47 Å². The summed E-state index contributed by atoms with van der Waals surface area (Å²) in [6, 6.07) is 28.6. The molecule has 0 heterocycles. The van der Waals surface area contributed by atoms with Crippen molar-refractivity contribution in [2.45, 2.75) is 0 Å². The van der Waals surface area contributed by atoms with E-state index in [4.69, 9.17) is 9.47 Å². The van der Waals surface area contributed by atoms with Crippen LogP contribution in [0.4, 0.5) is 0 Å². The lowest BCUT2D eigenvalue weighted by Crippen LogP contribution is -1.83. The SMILES string of the molecule is COc1ccc2ccccc2c1.COc1cccc2ccccc12. The van der Waals surface area contributed by atoms with E-state index in [1.165, 1.54) is 21.5 Å². The predicted octanol–water partition coefficient (Wildman–Crippen LogP) is 5.70. The van der Waals surface area contributed by atoms with Crippen LogP contribution in [0.25, 0.3) is 21.5 Å². The minimum absolute atomic E-state index is 0.911. The lowest BCUT2D eigenvalue weighted by atomic mass is 10.1. The summed E-state index contributed by atoms with van der Waals surface area (Å²) in [7, 11) is 3.38. The number of hydrogen-bond donors (Lipinski definition) is 0. The molecule has 0 saturated heterocycles. The van der Waals surface area contributed by atoms with Crippen LogP contribution in [0.3, 0.4) is 0 Å². The monoisotopic (exact) mass is 316 g/mol. The number of rotatable bonds is 2. The zero-order chi connectivity index (χ0) is 16.8. The molecule has 2 heteroatoms. The average molecular weight is 316 g/mol. The van der Waals surface area contributed by atoms with E-state index in [0.29, 0.717) is 0 Å². The molecule has 120 valence electrons. The van der Waals surface area contributed by atoms with Gasteiger partial charge in [-0.1, -0.05) is 66.7 Å². The third kappa shape index (κ3) is 3.49. The summed E-state index contributed by atoms with van der Waals surface area (Å²) in [6.45, 7) is 0. The molecule has 0 bridgehead atoms. The Balaban J connectivity index is 0.000000141. The second-order valence-electron chi connectivity index (χ2n) is 5.39. The minimum Gasteiger partial charge on any atom is -0.497 e. The second-order valence-corrected chi connectivity index (χ2v) is 5.39. The molecule has 0 fully saturated rings. The highest BCUT2D eigenvalue weighted by molar-refractivity contribution is 5.88. The first-order valence-corrected chi connectivity index (χ1v) is 7.86. The van der Waals surface area contributed by atoms with Crippen molar-refractivity contribution in [1.29, 1.82) is 0 Å². The molecule has 0 N–H and O–H groups in total. The van der Waals surface area contributed by atoms with E-state index in [1.807, 2.05) is 48.5 Å². The van der Waals surface area contributed by atoms with Crippen LogP contribution in [0.15, 0.2) is 84.9 Å². The molecule has 0 radical (unpaired) electrons. The highest BCUT2D eigenvalue weighted by Crippen LogP contribution is 2.24. The molecule has 0 unspecified atom stereocenters. The number of hydrogen-bond acceptors (Lipinski definition) is 2. The molecule has 0 spiro atoms. The maximum absolute atomic E-state index is 5.23. The average Bonchev–Trinajstić information content (AvgIpc) is 2.67. The maximum atomic E-state index is 5.23. The normalized spacial score (nSPS) is 10.1. The Morgan fingerprint density at radius 2 is 1.21 bits per heavy atom. The first-order valence-electron chi connectivity index (χ1n) is 7.86. The Morgan fingerprint density at radius 1 is 0.542 bits per heavy atom. The first kappa shape index (κ1) is 15.9. The van der Waals surface area contributed by atoms with Crippen LogP contribution >= 0.6 is 0 Å². The minimum atomic E-state index is 0.911. The lowest BCUT2D eigenvalue weighted by molar-refractivity contribution is 0.415. The molecule has 0 aliphatic carbocycles. The molecule has 0 aliphatic heterocycles. The summed E-state index contributed by atoms with van der Waals surface area (Å²) in [4.78, 5) is 0. The van der Waals surface area contributed by atoms with E-state index in [1.54, 1.807) is 14.2 Å². The third-order valence-electron chi connectivity index (χ3n) is 3.93. The van der Waals surface area contributed by atoms with Crippen molar-refractivity contribution in [2.75, 3.05) is 14.2 Å². The Hall–Kier alpha value is -3.00.